The predicted octanol–water partition coefficient (Wildman–Crippen LogP) is 8.04. The third kappa shape index (κ3) is 10.2. The van der Waals surface area contributed by atoms with Gasteiger partial charge in [-0.3, -0.25) is 0 Å². The molecule has 1 aliphatic rings. The molecule has 0 saturated heterocycles. The van der Waals surface area contributed by atoms with Crippen LogP contribution in [0.2, 0.25) is 0 Å². The molecule has 0 amide bonds. The van der Waals surface area contributed by atoms with Crippen molar-refractivity contribution in [1.29, 1.82) is 0 Å². The highest BCUT2D eigenvalue weighted by atomic mass is 16.7. The summed E-state index contributed by atoms with van der Waals surface area (Å²) < 4.78 is 11.7. The van der Waals surface area contributed by atoms with Crippen molar-refractivity contribution in [3.05, 3.63) is 29.8 Å². The van der Waals surface area contributed by atoms with Gasteiger partial charge >= 0.3 is 0 Å². The van der Waals surface area contributed by atoms with Crippen LogP contribution < -0.4 is 4.74 Å². The lowest BCUT2D eigenvalue weighted by Crippen LogP contribution is -2.33. The van der Waals surface area contributed by atoms with Crippen molar-refractivity contribution >= 4 is 0 Å². The van der Waals surface area contributed by atoms with E-state index in [2.05, 4.69) is 58.9 Å². The van der Waals surface area contributed by atoms with E-state index in [0.29, 0.717) is 0 Å². The Balaban J connectivity index is 0.00000123. The summed E-state index contributed by atoms with van der Waals surface area (Å²) in [7, 11) is 1.75. The molecule has 1 unspecified atom stereocenters. The molecule has 2 nitrogen and oxygen atoms in total. The highest BCUT2D eigenvalue weighted by Crippen LogP contribution is 2.41. The van der Waals surface area contributed by atoms with E-state index in [1.165, 1.54) is 44.1 Å². The molecule has 1 atom stereocenters. The zero-order valence-electron chi connectivity index (χ0n) is 19.4. The van der Waals surface area contributed by atoms with Gasteiger partial charge in [0.15, 0.2) is 6.29 Å². The normalized spacial score (nSPS) is 15.7. The zero-order chi connectivity index (χ0) is 20.7. The summed E-state index contributed by atoms with van der Waals surface area (Å²) in [6.07, 6.45) is 9.97. The number of benzene rings is 1. The number of methoxy groups -OCH3 is 1. The van der Waals surface area contributed by atoms with E-state index in [4.69, 9.17) is 9.47 Å². The molecule has 0 bridgehead atoms. The predicted molar refractivity (Wildman–Crippen MR) is 120 cm³/mol. The highest BCUT2D eigenvalue weighted by Gasteiger charge is 2.33. The van der Waals surface area contributed by atoms with Gasteiger partial charge in [0.2, 0.25) is 0 Å². The van der Waals surface area contributed by atoms with Gasteiger partial charge in [-0.05, 0) is 48.3 Å². The first-order chi connectivity index (χ1) is 13.0. The minimum atomic E-state index is -0.163. The quantitative estimate of drug-likeness (QED) is 0.447. The van der Waals surface area contributed by atoms with Crippen molar-refractivity contribution in [1.82, 2.24) is 0 Å². The van der Waals surface area contributed by atoms with E-state index >= 15 is 0 Å². The number of aryl methyl sites for hydroxylation is 1. The summed E-state index contributed by atoms with van der Waals surface area (Å²) in [5.74, 6) is 1.70. The van der Waals surface area contributed by atoms with Gasteiger partial charge in [0.25, 0.3) is 0 Å². The molecule has 0 radical (unpaired) electrons. The maximum absolute atomic E-state index is 6.07. The summed E-state index contributed by atoms with van der Waals surface area (Å²) in [5, 5.41) is 0. The minimum absolute atomic E-state index is 0.163. The van der Waals surface area contributed by atoms with Gasteiger partial charge in [-0.25, -0.2) is 0 Å². The molecule has 1 aromatic carbocycles. The third-order valence-corrected chi connectivity index (χ3v) is 5.27. The van der Waals surface area contributed by atoms with Crippen LogP contribution in [0, 0.1) is 11.3 Å². The van der Waals surface area contributed by atoms with E-state index < -0.39 is 0 Å². The Bertz CT molecular complexity index is 444. The molecule has 1 saturated carbocycles. The number of hydrogen-bond acceptors (Lipinski definition) is 2. The molecular weight excluding hydrogens is 332 g/mol. The fourth-order valence-corrected chi connectivity index (χ4v) is 3.61. The minimum Gasteiger partial charge on any atom is -0.465 e. The first-order valence-electron chi connectivity index (χ1n) is 11.2. The number of ether oxygens (including phenoxy) is 2. The molecule has 1 aliphatic carbocycles. The maximum atomic E-state index is 6.07. The molecule has 2 rings (SSSR count). The zero-order valence-corrected chi connectivity index (χ0v) is 19.4. The average Bonchev–Trinajstić information content (AvgIpc) is 2.70. The molecule has 0 heterocycles. The Labute approximate surface area is 170 Å². The standard InChI is InChI=1S/C20H32O2.C3H8.C2H6/c1-5-16-11-13-18(14-12-16)22-19(21-4)15-20(2,3)17-9-7-6-8-10-17;1-3-2;1-2/h11-14,17,19H,5-10,15H2,1-4H3;3H2,1-2H3;1-2H3. The van der Waals surface area contributed by atoms with Gasteiger partial charge in [0.1, 0.15) is 5.75 Å². The van der Waals surface area contributed by atoms with Crippen LogP contribution in [0.5, 0.6) is 5.75 Å². The Morgan fingerprint density at radius 2 is 1.48 bits per heavy atom. The van der Waals surface area contributed by atoms with Crippen molar-refractivity contribution < 1.29 is 9.47 Å². The summed E-state index contributed by atoms with van der Waals surface area (Å²) >= 11 is 0. The van der Waals surface area contributed by atoms with E-state index in [0.717, 1.165) is 24.5 Å². The van der Waals surface area contributed by atoms with Gasteiger partial charge in [-0.15, -0.1) is 0 Å². The largest absolute Gasteiger partial charge is 0.465 e. The second-order valence-electron chi connectivity index (χ2n) is 8.02. The van der Waals surface area contributed by atoms with Gasteiger partial charge in [-0.2, -0.15) is 0 Å². The lowest BCUT2D eigenvalue weighted by atomic mass is 9.69. The van der Waals surface area contributed by atoms with Gasteiger partial charge in [0, 0.05) is 13.5 Å². The lowest BCUT2D eigenvalue weighted by molar-refractivity contribution is -0.0883. The van der Waals surface area contributed by atoms with Crippen molar-refractivity contribution in [2.24, 2.45) is 11.3 Å². The second-order valence-corrected chi connectivity index (χ2v) is 8.02. The molecule has 0 N–H and O–H groups in total. The third-order valence-electron chi connectivity index (χ3n) is 5.27. The summed E-state index contributed by atoms with van der Waals surface area (Å²) in [6, 6.07) is 8.37. The number of hydrogen-bond donors (Lipinski definition) is 0. The first kappa shape index (κ1) is 26.0. The molecule has 2 heteroatoms. The molecule has 0 aliphatic heterocycles. The summed E-state index contributed by atoms with van der Waals surface area (Å²) in [6.45, 7) is 15.2. The van der Waals surface area contributed by atoms with Crippen LogP contribution >= 0.6 is 0 Å². The van der Waals surface area contributed by atoms with Gasteiger partial charge in [-0.1, -0.05) is 86.3 Å². The van der Waals surface area contributed by atoms with Crippen LogP contribution in [0.4, 0.5) is 0 Å². The Hall–Kier alpha value is -1.02. The molecule has 1 aromatic rings. The van der Waals surface area contributed by atoms with Crippen molar-refractivity contribution in [3.8, 4) is 5.75 Å². The first-order valence-corrected chi connectivity index (χ1v) is 11.2. The van der Waals surface area contributed by atoms with Crippen molar-refractivity contribution in [2.75, 3.05) is 7.11 Å². The Morgan fingerprint density at radius 3 is 1.93 bits per heavy atom. The lowest BCUT2D eigenvalue weighted by Gasteiger charge is -2.38. The highest BCUT2D eigenvalue weighted by molar-refractivity contribution is 5.27. The van der Waals surface area contributed by atoms with Crippen molar-refractivity contribution in [3.63, 3.8) is 0 Å². The van der Waals surface area contributed by atoms with Gasteiger partial charge < -0.3 is 9.47 Å². The summed E-state index contributed by atoms with van der Waals surface area (Å²) in [4.78, 5) is 0. The van der Waals surface area contributed by atoms with E-state index in [1.54, 1.807) is 7.11 Å². The molecule has 1 fully saturated rings. The van der Waals surface area contributed by atoms with Crippen LogP contribution in [-0.4, -0.2) is 13.4 Å². The monoisotopic (exact) mass is 378 g/mol. The van der Waals surface area contributed by atoms with Crippen LogP contribution in [0.25, 0.3) is 0 Å². The van der Waals surface area contributed by atoms with Crippen LogP contribution in [0.15, 0.2) is 24.3 Å². The number of rotatable bonds is 7. The fraction of sp³-hybridized carbons (Fsp3) is 0.760. The molecule has 0 aromatic heterocycles. The van der Waals surface area contributed by atoms with E-state index in [9.17, 15) is 0 Å². The smallest absolute Gasteiger partial charge is 0.200 e. The van der Waals surface area contributed by atoms with E-state index in [1.807, 2.05) is 13.8 Å². The second kappa shape index (κ2) is 15.0. The van der Waals surface area contributed by atoms with Crippen LogP contribution in [-0.2, 0) is 11.2 Å². The molecule has 158 valence electrons. The van der Waals surface area contributed by atoms with Crippen LogP contribution in [0.1, 0.15) is 99.0 Å². The van der Waals surface area contributed by atoms with Gasteiger partial charge in [0.05, 0.1) is 0 Å². The average molecular weight is 379 g/mol. The van der Waals surface area contributed by atoms with Crippen LogP contribution in [0.3, 0.4) is 0 Å². The van der Waals surface area contributed by atoms with E-state index in [-0.39, 0.29) is 11.7 Å². The molecular formula is C25H46O2. The summed E-state index contributed by atoms with van der Waals surface area (Å²) in [5.41, 5.74) is 1.61. The SMILES string of the molecule is CC.CCC.CCc1ccc(OC(CC(C)(C)C2CCCCC2)OC)cc1. The maximum Gasteiger partial charge on any atom is 0.200 e. The molecule has 27 heavy (non-hydrogen) atoms. The Kier molecular flexibility index (Phi) is 14.4. The fourth-order valence-electron chi connectivity index (χ4n) is 3.61. The molecule has 0 spiro atoms. The van der Waals surface area contributed by atoms with Crippen molar-refractivity contribution in [2.45, 2.75) is 106 Å². The topological polar surface area (TPSA) is 18.5 Å². The Morgan fingerprint density at radius 1 is 0.963 bits per heavy atom.